The molecule has 0 radical (unpaired) electrons. The first-order valence-corrected chi connectivity index (χ1v) is 8.11. The zero-order valence-electron chi connectivity index (χ0n) is 11.5. The third-order valence-electron chi connectivity index (χ3n) is 4.56. The molecule has 2 atom stereocenters. The second-order valence-corrected chi connectivity index (χ2v) is 6.80. The average molecular weight is 324 g/mol. The second-order valence-electron chi connectivity index (χ2n) is 5.94. The zero-order chi connectivity index (χ0) is 13.2. The van der Waals surface area contributed by atoms with Gasteiger partial charge >= 0.3 is 0 Å². The van der Waals surface area contributed by atoms with Crippen molar-refractivity contribution in [3.05, 3.63) is 28.2 Å². The smallest absolute Gasteiger partial charge is 0.119 e. The Morgan fingerprint density at radius 2 is 2.00 bits per heavy atom. The highest BCUT2D eigenvalue weighted by molar-refractivity contribution is 9.10. The number of rotatable bonds is 6. The van der Waals surface area contributed by atoms with E-state index in [1.807, 2.05) is 6.07 Å². The zero-order valence-corrected chi connectivity index (χ0v) is 13.1. The predicted molar refractivity (Wildman–Crippen MR) is 81.6 cm³/mol. The van der Waals surface area contributed by atoms with Gasteiger partial charge in [-0.3, -0.25) is 0 Å². The molecule has 0 aromatic heterocycles. The van der Waals surface area contributed by atoms with Crippen LogP contribution in [0, 0.1) is 11.8 Å². The van der Waals surface area contributed by atoms with Crippen LogP contribution in [0.25, 0.3) is 0 Å². The molecule has 0 bridgehead atoms. The van der Waals surface area contributed by atoms with Crippen molar-refractivity contribution in [3.8, 4) is 5.75 Å². The average Bonchev–Trinajstić information content (AvgIpc) is 3.20. The van der Waals surface area contributed by atoms with E-state index < -0.39 is 0 Å². The predicted octanol–water partition coefficient (Wildman–Crippen LogP) is 3.78. The van der Waals surface area contributed by atoms with Gasteiger partial charge in [0.15, 0.2) is 0 Å². The summed E-state index contributed by atoms with van der Waals surface area (Å²) in [5, 5.41) is 3.68. The molecular weight excluding hydrogens is 302 g/mol. The summed E-state index contributed by atoms with van der Waals surface area (Å²) in [5.41, 5.74) is 1.39. The summed E-state index contributed by atoms with van der Waals surface area (Å²) in [7, 11) is 1.73. The molecule has 0 heterocycles. The van der Waals surface area contributed by atoms with E-state index in [1.165, 1.54) is 48.7 Å². The minimum atomic E-state index is 0.838. The Bertz CT molecular complexity index is 444. The SMILES string of the molecule is COc1ccc(Br)c(CC2CCC2CNC2CC2)c1. The molecule has 2 unspecified atom stereocenters. The first-order valence-electron chi connectivity index (χ1n) is 7.32. The van der Waals surface area contributed by atoms with Crippen molar-refractivity contribution in [1.29, 1.82) is 0 Å². The van der Waals surface area contributed by atoms with Gasteiger partial charge < -0.3 is 10.1 Å². The van der Waals surface area contributed by atoms with Crippen LogP contribution in [0.1, 0.15) is 31.2 Å². The Balaban J connectivity index is 1.57. The lowest BCUT2D eigenvalue weighted by Gasteiger charge is -2.37. The highest BCUT2D eigenvalue weighted by Gasteiger charge is 2.32. The fraction of sp³-hybridized carbons (Fsp3) is 0.625. The van der Waals surface area contributed by atoms with E-state index in [9.17, 15) is 0 Å². The molecule has 1 aromatic carbocycles. The Morgan fingerprint density at radius 1 is 1.21 bits per heavy atom. The number of nitrogens with one attached hydrogen (secondary N) is 1. The molecule has 19 heavy (non-hydrogen) atoms. The van der Waals surface area contributed by atoms with E-state index in [-0.39, 0.29) is 0 Å². The summed E-state index contributed by atoms with van der Waals surface area (Å²) < 4.78 is 6.54. The molecular formula is C16H22BrNO. The molecule has 0 amide bonds. The molecule has 0 saturated heterocycles. The standard InChI is InChI=1S/C16H22BrNO/c1-19-15-6-7-16(17)13(9-15)8-11-2-3-12(11)10-18-14-4-5-14/h6-7,9,11-12,14,18H,2-5,8,10H2,1H3. The van der Waals surface area contributed by atoms with Crippen LogP contribution in [0.15, 0.2) is 22.7 Å². The third-order valence-corrected chi connectivity index (χ3v) is 5.33. The van der Waals surface area contributed by atoms with Crippen molar-refractivity contribution < 1.29 is 4.74 Å². The van der Waals surface area contributed by atoms with Crippen LogP contribution in [0.4, 0.5) is 0 Å². The van der Waals surface area contributed by atoms with E-state index in [0.717, 1.165) is 23.6 Å². The van der Waals surface area contributed by atoms with Crippen LogP contribution in [0.5, 0.6) is 5.75 Å². The quantitative estimate of drug-likeness (QED) is 0.860. The van der Waals surface area contributed by atoms with Crippen molar-refractivity contribution in [3.63, 3.8) is 0 Å². The van der Waals surface area contributed by atoms with Crippen molar-refractivity contribution >= 4 is 15.9 Å². The Labute approximate surface area is 124 Å². The first-order chi connectivity index (χ1) is 9.26. The van der Waals surface area contributed by atoms with E-state index in [2.05, 4.69) is 33.4 Å². The van der Waals surface area contributed by atoms with E-state index in [4.69, 9.17) is 4.74 Å². The van der Waals surface area contributed by atoms with Gasteiger partial charge in [-0.05, 0) is 74.2 Å². The van der Waals surface area contributed by atoms with Gasteiger partial charge in [0.1, 0.15) is 5.75 Å². The lowest BCUT2D eigenvalue weighted by molar-refractivity contribution is 0.170. The molecule has 104 valence electrons. The first kappa shape index (κ1) is 13.4. The van der Waals surface area contributed by atoms with Gasteiger partial charge in [0.25, 0.3) is 0 Å². The minimum absolute atomic E-state index is 0.838. The number of methoxy groups -OCH3 is 1. The number of hydrogen-bond donors (Lipinski definition) is 1. The van der Waals surface area contributed by atoms with E-state index in [1.54, 1.807) is 7.11 Å². The van der Waals surface area contributed by atoms with Gasteiger partial charge in [-0.2, -0.15) is 0 Å². The number of halogens is 1. The monoisotopic (exact) mass is 323 g/mol. The molecule has 2 aliphatic rings. The van der Waals surface area contributed by atoms with Crippen LogP contribution < -0.4 is 10.1 Å². The maximum atomic E-state index is 5.32. The molecule has 1 N–H and O–H groups in total. The van der Waals surface area contributed by atoms with Crippen LogP contribution in [0.2, 0.25) is 0 Å². The molecule has 3 rings (SSSR count). The van der Waals surface area contributed by atoms with Gasteiger partial charge in [-0.15, -0.1) is 0 Å². The van der Waals surface area contributed by atoms with Gasteiger partial charge in [0.2, 0.25) is 0 Å². The topological polar surface area (TPSA) is 21.3 Å². The molecule has 2 aliphatic carbocycles. The number of ether oxygens (including phenoxy) is 1. The number of benzene rings is 1. The molecule has 3 heteroatoms. The van der Waals surface area contributed by atoms with Gasteiger partial charge in [0.05, 0.1) is 7.11 Å². The fourth-order valence-electron chi connectivity index (χ4n) is 2.90. The Hall–Kier alpha value is -0.540. The lowest BCUT2D eigenvalue weighted by atomic mass is 9.70. The summed E-state index contributed by atoms with van der Waals surface area (Å²) in [6, 6.07) is 7.13. The molecule has 0 aliphatic heterocycles. The Kier molecular flexibility index (Phi) is 4.13. The summed E-state index contributed by atoms with van der Waals surface area (Å²) in [6.45, 7) is 1.22. The van der Waals surface area contributed by atoms with Crippen LogP contribution in [0.3, 0.4) is 0 Å². The summed E-state index contributed by atoms with van der Waals surface area (Å²) in [5.74, 6) is 2.68. The molecule has 2 fully saturated rings. The normalized spacial score (nSPS) is 26.0. The largest absolute Gasteiger partial charge is 0.497 e. The molecule has 0 spiro atoms. The summed E-state index contributed by atoms with van der Waals surface area (Å²) in [6.07, 6.45) is 6.72. The lowest BCUT2D eigenvalue weighted by Crippen LogP contribution is -2.37. The molecule has 1 aromatic rings. The third kappa shape index (κ3) is 3.32. The Morgan fingerprint density at radius 3 is 2.63 bits per heavy atom. The van der Waals surface area contributed by atoms with Gasteiger partial charge in [0, 0.05) is 10.5 Å². The summed E-state index contributed by atoms with van der Waals surface area (Å²) in [4.78, 5) is 0. The highest BCUT2D eigenvalue weighted by Crippen LogP contribution is 2.38. The van der Waals surface area contributed by atoms with Crippen LogP contribution in [-0.2, 0) is 6.42 Å². The van der Waals surface area contributed by atoms with Crippen molar-refractivity contribution in [1.82, 2.24) is 5.32 Å². The minimum Gasteiger partial charge on any atom is -0.497 e. The van der Waals surface area contributed by atoms with Crippen molar-refractivity contribution in [2.45, 2.75) is 38.1 Å². The fourth-order valence-corrected chi connectivity index (χ4v) is 3.31. The highest BCUT2D eigenvalue weighted by atomic mass is 79.9. The molecule has 2 nitrogen and oxygen atoms in total. The molecule has 2 saturated carbocycles. The number of hydrogen-bond acceptors (Lipinski definition) is 2. The second kappa shape index (κ2) is 5.84. The van der Waals surface area contributed by atoms with E-state index in [0.29, 0.717) is 0 Å². The van der Waals surface area contributed by atoms with Crippen LogP contribution in [-0.4, -0.2) is 19.7 Å². The maximum absolute atomic E-state index is 5.32. The van der Waals surface area contributed by atoms with Crippen molar-refractivity contribution in [2.24, 2.45) is 11.8 Å². The van der Waals surface area contributed by atoms with Crippen molar-refractivity contribution in [2.75, 3.05) is 13.7 Å². The van der Waals surface area contributed by atoms with Crippen LogP contribution >= 0.6 is 15.9 Å². The van der Waals surface area contributed by atoms with Gasteiger partial charge in [-0.25, -0.2) is 0 Å². The van der Waals surface area contributed by atoms with E-state index >= 15 is 0 Å². The maximum Gasteiger partial charge on any atom is 0.119 e. The van der Waals surface area contributed by atoms with Gasteiger partial charge in [-0.1, -0.05) is 15.9 Å². The summed E-state index contributed by atoms with van der Waals surface area (Å²) >= 11 is 3.66.